The number of nitrogens with zero attached hydrogens (tertiary/aromatic N) is 2. The molecule has 1 aliphatic rings. The van der Waals surface area contributed by atoms with Gasteiger partial charge in [-0.25, -0.2) is 0 Å². The Kier molecular flexibility index (Phi) is 1.81. The average molecular weight is 163 g/mol. The summed E-state index contributed by atoms with van der Waals surface area (Å²) < 4.78 is 0. The van der Waals surface area contributed by atoms with Gasteiger partial charge in [0.1, 0.15) is 0 Å². The van der Waals surface area contributed by atoms with Gasteiger partial charge in [0.05, 0.1) is 5.69 Å². The van der Waals surface area contributed by atoms with E-state index in [0.717, 1.165) is 5.69 Å². The van der Waals surface area contributed by atoms with Crippen molar-refractivity contribution >= 4 is 0 Å². The quantitative estimate of drug-likeness (QED) is 0.703. The second-order valence-electron chi connectivity index (χ2n) is 3.43. The predicted molar refractivity (Wildman–Crippen MR) is 46.6 cm³/mol. The maximum Gasteiger partial charge on any atom is 0.0660 e. The summed E-state index contributed by atoms with van der Waals surface area (Å²) in [6.07, 6.45) is 8.89. The van der Waals surface area contributed by atoms with Crippen LogP contribution in [0.1, 0.15) is 25.0 Å². The minimum Gasteiger partial charge on any atom is -0.330 e. The highest BCUT2D eigenvalue weighted by Crippen LogP contribution is 2.41. The Labute approximate surface area is 72.0 Å². The van der Waals surface area contributed by atoms with E-state index in [1.54, 1.807) is 12.4 Å². The molecule has 12 heavy (non-hydrogen) atoms. The molecule has 64 valence electrons. The van der Waals surface area contributed by atoms with E-state index in [1.807, 2.05) is 6.20 Å². The van der Waals surface area contributed by atoms with Crippen LogP contribution in [0, 0.1) is 0 Å². The third-order valence-electron chi connectivity index (χ3n) is 2.81. The van der Waals surface area contributed by atoms with E-state index in [1.165, 1.54) is 19.3 Å². The lowest BCUT2D eigenvalue weighted by atomic mass is 9.67. The van der Waals surface area contributed by atoms with Crippen LogP contribution in [-0.2, 0) is 5.41 Å². The van der Waals surface area contributed by atoms with Crippen LogP contribution in [0.25, 0.3) is 0 Å². The van der Waals surface area contributed by atoms with Gasteiger partial charge in [-0.2, -0.15) is 0 Å². The highest BCUT2D eigenvalue weighted by Gasteiger charge is 2.38. The second-order valence-corrected chi connectivity index (χ2v) is 3.43. The van der Waals surface area contributed by atoms with Gasteiger partial charge >= 0.3 is 0 Å². The zero-order valence-corrected chi connectivity index (χ0v) is 7.03. The molecular formula is C9H13N3. The standard InChI is InChI=1S/C9H13N3/c10-7-9(2-1-3-9)8-6-11-4-5-12-8/h4-6H,1-3,7,10H2. The number of nitrogens with two attached hydrogens (primary N) is 1. The van der Waals surface area contributed by atoms with Crippen LogP contribution >= 0.6 is 0 Å². The Morgan fingerprint density at radius 2 is 2.25 bits per heavy atom. The highest BCUT2D eigenvalue weighted by atomic mass is 14.8. The largest absolute Gasteiger partial charge is 0.330 e. The van der Waals surface area contributed by atoms with Gasteiger partial charge in [-0.15, -0.1) is 0 Å². The molecule has 0 unspecified atom stereocenters. The molecule has 0 atom stereocenters. The first-order valence-electron chi connectivity index (χ1n) is 4.34. The Hall–Kier alpha value is -0.960. The summed E-state index contributed by atoms with van der Waals surface area (Å²) in [6, 6.07) is 0. The fraction of sp³-hybridized carbons (Fsp3) is 0.556. The van der Waals surface area contributed by atoms with Crippen molar-refractivity contribution in [3.8, 4) is 0 Å². The zero-order valence-electron chi connectivity index (χ0n) is 7.03. The minimum atomic E-state index is 0.161. The summed E-state index contributed by atoms with van der Waals surface area (Å²) in [7, 11) is 0. The van der Waals surface area contributed by atoms with Crippen LogP contribution in [-0.4, -0.2) is 16.5 Å². The van der Waals surface area contributed by atoms with Gasteiger partial charge in [0.15, 0.2) is 0 Å². The van der Waals surface area contributed by atoms with Gasteiger partial charge in [0.2, 0.25) is 0 Å². The molecule has 0 spiro atoms. The van der Waals surface area contributed by atoms with Gasteiger partial charge in [-0.3, -0.25) is 9.97 Å². The Morgan fingerprint density at radius 1 is 1.42 bits per heavy atom. The summed E-state index contributed by atoms with van der Waals surface area (Å²) >= 11 is 0. The number of hydrogen-bond acceptors (Lipinski definition) is 3. The van der Waals surface area contributed by atoms with Crippen LogP contribution < -0.4 is 5.73 Å². The van der Waals surface area contributed by atoms with Crippen LogP contribution in [0.2, 0.25) is 0 Å². The molecule has 2 rings (SSSR count). The molecule has 0 aliphatic heterocycles. The maximum absolute atomic E-state index is 5.73. The Morgan fingerprint density at radius 3 is 2.67 bits per heavy atom. The second kappa shape index (κ2) is 2.83. The molecule has 3 heteroatoms. The number of hydrogen-bond donors (Lipinski definition) is 1. The van der Waals surface area contributed by atoms with Gasteiger partial charge in [0, 0.05) is 30.6 Å². The van der Waals surface area contributed by atoms with E-state index in [2.05, 4.69) is 9.97 Å². The maximum atomic E-state index is 5.73. The normalized spacial score (nSPS) is 20.1. The van der Waals surface area contributed by atoms with Crippen molar-refractivity contribution in [2.75, 3.05) is 6.54 Å². The molecular weight excluding hydrogens is 150 g/mol. The van der Waals surface area contributed by atoms with Crippen molar-refractivity contribution in [2.45, 2.75) is 24.7 Å². The summed E-state index contributed by atoms with van der Waals surface area (Å²) in [5.74, 6) is 0. The fourth-order valence-electron chi connectivity index (χ4n) is 1.74. The third kappa shape index (κ3) is 1.01. The summed E-state index contributed by atoms with van der Waals surface area (Å²) in [6.45, 7) is 0.700. The first-order valence-corrected chi connectivity index (χ1v) is 4.34. The molecule has 3 nitrogen and oxygen atoms in total. The van der Waals surface area contributed by atoms with E-state index in [-0.39, 0.29) is 5.41 Å². The first-order chi connectivity index (χ1) is 5.87. The molecule has 0 amide bonds. The average Bonchev–Trinajstić information content (AvgIpc) is 2.05. The van der Waals surface area contributed by atoms with Crippen molar-refractivity contribution in [3.63, 3.8) is 0 Å². The lowest BCUT2D eigenvalue weighted by Crippen LogP contribution is -2.42. The lowest BCUT2D eigenvalue weighted by Gasteiger charge is -2.39. The Bertz CT molecular complexity index is 248. The smallest absolute Gasteiger partial charge is 0.0660 e. The van der Waals surface area contributed by atoms with E-state index in [0.29, 0.717) is 6.54 Å². The summed E-state index contributed by atoms with van der Waals surface area (Å²) in [4.78, 5) is 8.36. The molecule has 1 aromatic heterocycles. The Balaban J connectivity index is 2.28. The molecule has 1 heterocycles. The fourth-order valence-corrected chi connectivity index (χ4v) is 1.74. The van der Waals surface area contributed by atoms with Crippen molar-refractivity contribution in [1.82, 2.24) is 9.97 Å². The van der Waals surface area contributed by atoms with Gasteiger partial charge in [-0.05, 0) is 12.8 Å². The van der Waals surface area contributed by atoms with Crippen molar-refractivity contribution in [1.29, 1.82) is 0 Å². The zero-order chi connectivity index (χ0) is 8.44. The SMILES string of the molecule is NCC1(c2cnccn2)CCC1. The third-order valence-corrected chi connectivity index (χ3v) is 2.81. The van der Waals surface area contributed by atoms with Gasteiger partial charge in [-0.1, -0.05) is 6.42 Å². The van der Waals surface area contributed by atoms with Crippen molar-refractivity contribution in [2.24, 2.45) is 5.73 Å². The van der Waals surface area contributed by atoms with Crippen LogP contribution in [0.15, 0.2) is 18.6 Å². The lowest BCUT2D eigenvalue weighted by molar-refractivity contribution is 0.245. The highest BCUT2D eigenvalue weighted by molar-refractivity contribution is 5.17. The molecule has 1 aromatic rings. The van der Waals surface area contributed by atoms with Crippen molar-refractivity contribution < 1.29 is 0 Å². The van der Waals surface area contributed by atoms with Gasteiger partial charge in [0.25, 0.3) is 0 Å². The van der Waals surface area contributed by atoms with E-state index >= 15 is 0 Å². The molecule has 1 fully saturated rings. The summed E-state index contributed by atoms with van der Waals surface area (Å²) in [5.41, 5.74) is 6.96. The molecule has 0 bridgehead atoms. The monoisotopic (exact) mass is 163 g/mol. The molecule has 0 aromatic carbocycles. The number of rotatable bonds is 2. The number of aromatic nitrogens is 2. The first kappa shape index (κ1) is 7.68. The molecule has 1 aliphatic carbocycles. The van der Waals surface area contributed by atoms with Crippen LogP contribution in [0.4, 0.5) is 0 Å². The molecule has 2 N–H and O–H groups in total. The topological polar surface area (TPSA) is 51.8 Å². The van der Waals surface area contributed by atoms with Crippen LogP contribution in [0.5, 0.6) is 0 Å². The van der Waals surface area contributed by atoms with Crippen LogP contribution in [0.3, 0.4) is 0 Å². The summed E-state index contributed by atoms with van der Waals surface area (Å²) in [5, 5.41) is 0. The van der Waals surface area contributed by atoms with E-state index in [4.69, 9.17) is 5.73 Å². The molecule has 1 saturated carbocycles. The van der Waals surface area contributed by atoms with Gasteiger partial charge < -0.3 is 5.73 Å². The van der Waals surface area contributed by atoms with Crippen molar-refractivity contribution in [3.05, 3.63) is 24.3 Å². The molecule has 0 radical (unpaired) electrons. The predicted octanol–water partition coefficient (Wildman–Crippen LogP) is 0.857. The van der Waals surface area contributed by atoms with E-state index in [9.17, 15) is 0 Å². The molecule has 0 saturated heterocycles. The minimum absolute atomic E-state index is 0.161. The van der Waals surface area contributed by atoms with E-state index < -0.39 is 0 Å².